The van der Waals surface area contributed by atoms with E-state index in [1.807, 2.05) is 0 Å². The summed E-state index contributed by atoms with van der Waals surface area (Å²) < 4.78 is 2.28. The molecule has 2 nitrogen and oxygen atoms in total. The van der Waals surface area contributed by atoms with Crippen LogP contribution < -0.4 is 0 Å². The Morgan fingerprint density at radius 2 is 1.94 bits per heavy atom. The van der Waals surface area contributed by atoms with E-state index >= 15 is 0 Å². The Hall–Kier alpha value is -1.28. The van der Waals surface area contributed by atoms with Crippen molar-refractivity contribution in [1.82, 2.24) is 4.57 Å². The topological polar surface area (TPSA) is 25.2 Å². The molecule has 2 heteroatoms. The summed E-state index contributed by atoms with van der Waals surface area (Å²) in [7, 11) is 0. The molecule has 0 fully saturated rings. The zero-order valence-corrected chi connectivity index (χ0v) is 10.9. The van der Waals surface area contributed by atoms with E-state index in [1.54, 1.807) is 0 Å². The Labute approximate surface area is 103 Å². The van der Waals surface area contributed by atoms with E-state index < -0.39 is 0 Å². The number of aromatic nitrogens is 1. The number of rotatable bonds is 4. The monoisotopic (exact) mass is 231 g/mol. The van der Waals surface area contributed by atoms with Crippen molar-refractivity contribution in [3.05, 3.63) is 36.0 Å². The predicted molar refractivity (Wildman–Crippen MR) is 72.2 cm³/mol. The second-order valence-corrected chi connectivity index (χ2v) is 5.46. The molecule has 0 radical (unpaired) electrons. The highest BCUT2D eigenvalue weighted by Gasteiger charge is 2.19. The summed E-state index contributed by atoms with van der Waals surface area (Å²) in [4.78, 5) is 0. The average molecular weight is 231 g/mol. The van der Waals surface area contributed by atoms with Gasteiger partial charge in [0, 0.05) is 30.3 Å². The van der Waals surface area contributed by atoms with E-state index in [1.165, 1.54) is 16.5 Å². The number of para-hydroxylation sites is 1. The maximum absolute atomic E-state index is 9.38. The molecule has 0 bridgehead atoms. The van der Waals surface area contributed by atoms with Crippen molar-refractivity contribution in [2.45, 2.75) is 33.7 Å². The smallest absolute Gasteiger partial charge is 0.0485 e. The summed E-state index contributed by atoms with van der Waals surface area (Å²) >= 11 is 0. The Morgan fingerprint density at radius 1 is 1.24 bits per heavy atom. The molecule has 2 rings (SSSR count). The standard InChI is InChI=1S/C15H21NO/c1-4-16-10-12(9-15(2,3)11-17)13-7-5-6-8-14(13)16/h5-8,10,17H,4,9,11H2,1-3H3. The SMILES string of the molecule is CCn1cc(CC(C)(C)CO)c2ccccc21. The van der Waals surface area contributed by atoms with E-state index in [4.69, 9.17) is 0 Å². The van der Waals surface area contributed by atoms with Crippen molar-refractivity contribution in [2.24, 2.45) is 5.41 Å². The Morgan fingerprint density at radius 3 is 2.59 bits per heavy atom. The van der Waals surface area contributed by atoms with Gasteiger partial charge in [-0.15, -0.1) is 0 Å². The first-order valence-corrected chi connectivity index (χ1v) is 6.25. The van der Waals surface area contributed by atoms with Gasteiger partial charge in [-0.25, -0.2) is 0 Å². The van der Waals surface area contributed by atoms with E-state index in [9.17, 15) is 5.11 Å². The van der Waals surface area contributed by atoms with Crippen molar-refractivity contribution in [1.29, 1.82) is 0 Å². The molecule has 0 spiro atoms. The molecule has 0 aliphatic carbocycles. The van der Waals surface area contributed by atoms with Crippen LogP contribution in [0.3, 0.4) is 0 Å². The lowest BCUT2D eigenvalue weighted by molar-refractivity contribution is 0.160. The van der Waals surface area contributed by atoms with E-state index in [0.717, 1.165) is 13.0 Å². The fourth-order valence-corrected chi connectivity index (χ4v) is 2.30. The van der Waals surface area contributed by atoms with Crippen molar-refractivity contribution in [3.8, 4) is 0 Å². The van der Waals surface area contributed by atoms with Crippen molar-refractivity contribution < 1.29 is 5.11 Å². The minimum absolute atomic E-state index is 0.0529. The third kappa shape index (κ3) is 2.37. The summed E-state index contributed by atoms with van der Waals surface area (Å²) in [5.41, 5.74) is 2.57. The van der Waals surface area contributed by atoms with Gasteiger partial charge in [-0.1, -0.05) is 32.0 Å². The van der Waals surface area contributed by atoms with Crippen molar-refractivity contribution >= 4 is 10.9 Å². The number of nitrogens with zero attached hydrogens (tertiary/aromatic N) is 1. The molecule has 0 saturated carbocycles. The van der Waals surface area contributed by atoms with Crippen LogP contribution in [0.25, 0.3) is 10.9 Å². The lowest BCUT2D eigenvalue weighted by Crippen LogP contribution is -2.19. The lowest BCUT2D eigenvalue weighted by atomic mass is 9.87. The number of hydrogen-bond acceptors (Lipinski definition) is 1. The summed E-state index contributed by atoms with van der Waals surface area (Å²) in [6.07, 6.45) is 3.14. The van der Waals surface area contributed by atoms with Gasteiger partial charge in [0.25, 0.3) is 0 Å². The highest BCUT2D eigenvalue weighted by molar-refractivity contribution is 5.84. The highest BCUT2D eigenvalue weighted by Crippen LogP contribution is 2.28. The Kier molecular flexibility index (Phi) is 3.25. The van der Waals surface area contributed by atoms with Crippen LogP contribution in [-0.4, -0.2) is 16.3 Å². The first-order valence-electron chi connectivity index (χ1n) is 6.25. The minimum atomic E-state index is -0.0529. The van der Waals surface area contributed by atoms with Crippen LogP contribution in [0.2, 0.25) is 0 Å². The second kappa shape index (κ2) is 4.53. The van der Waals surface area contributed by atoms with Gasteiger partial charge in [-0.05, 0) is 30.4 Å². The number of aliphatic hydroxyl groups is 1. The van der Waals surface area contributed by atoms with Crippen LogP contribution in [-0.2, 0) is 13.0 Å². The Balaban J connectivity index is 2.47. The molecule has 17 heavy (non-hydrogen) atoms. The van der Waals surface area contributed by atoms with Gasteiger partial charge < -0.3 is 9.67 Å². The quantitative estimate of drug-likeness (QED) is 0.858. The van der Waals surface area contributed by atoms with E-state index in [2.05, 4.69) is 55.8 Å². The number of hydrogen-bond donors (Lipinski definition) is 1. The van der Waals surface area contributed by atoms with Crippen LogP contribution in [0.5, 0.6) is 0 Å². The molecule has 0 atom stereocenters. The molecule has 92 valence electrons. The van der Waals surface area contributed by atoms with Crippen LogP contribution in [0, 0.1) is 5.41 Å². The lowest BCUT2D eigenvalue weighted by Gasteiger charge is -2.20. The Bertz CT molecular complexity index is 511. The van der Waals surface area contributed by atoms with Gasteiger partial charge >= 0.3 is 0 Å². The fourth-order valence-electron chi connectivity index (χ4n) is 2.30. The third-order valence-corrected chi connectivity index (χ3v) is 3.31. The van der Waals surface area contributed by atoms with Crippen LogP contribution >= 0.6 is 0 Å². The second-order valence-electron chi connectivity index (χ2n) is 5.46. The minimum Gasteiger partial charge on any atom is -0.396 e. The molecule has 1 heterocycles. The van der Waals surface area contributed by atoms with Gasteiger partial charge in [-0.3, -0.25) is 0 Å². The van der Waals surface area contributed by atoms with Crippen molar-refractivity contribution in [3.63, 3.8) is 0 Å². The summed E-state index contributed by atoms with van der Waals surface area (Å²) in [6.45, 7) is 7.57. The van der Waals surface area contributed by atoms with Crippen LogP contribution in [0.1, 0.15) is 26.3 Å². The zero-order chi connectivity index (χ0) is 12.5. The van der Waals surface area contributed by atoms with Gasteiger partial charge in [0.1, 0.15) is 0 Å². The molecule has 1 N–H and O–H groups in total. The first-order chi connectivity index (χ1) is 8.07. The van der Waals surface area contributed by atoms with Crippen LogP contribution in [0.15, 0.2) is 30.5 Å². The molecular formula is C15H21NO. The molecular weight excluding hydrogens is 210 g/mol. The van der Waals surface area contributed by atoms with Gasteiger partial charge in [0.05, 0.1) is 0 Å². The summed E-state index contributed by atoms with van der Waals surface area (Å²) in [5.74, 6) is 0. The molecule has 1 aromatic carbocycles. The summed E-state index contributed by atoms with van der Waals surface area (Å²) in [5, 5.41) is 10.7. The average Bonchev–Trinajstić information content (AvgIpc) is 2.67. The molecule has 0 amide bonds. The van der Waals surface area contributed by atoms with Gasteiger partial charge in [0.15, 0.2) is 0 Å². The molecule has 1 aromatic heterocycles. The predicted octanol–water partition coefficient (Wildman–Crippen LogP) is 3.22. The summed E-state index contributed by atoms with van der Waals surface area (Å²) in [6, 6.07) is 8.49. The molecule has 0 aliphatic heterocycles. The van der Waals surface area contributed by atoms with E-state index in [0.29, 0.717) is 0 Å². The maximum atomic E-state index is 9.38. The maximum Gasteiger partial charge on any atom is 0.0485 e. The highest BCUT2D eigenvalue weighted by atomic mass is 16.3. The first kappa shape index (κ1) is 12.2. The van der Waals surface area contributed by atoms with Crippen molar-refractivity contribution in [2.75, 3.05) is 6.61 Å². The largest absolute Gasteiger partial charge is 0.396 e. The molecule has 0 aliphatic rings. The van der Waals surface area contributed by atoms with E-state index in [-0.39, 0.29) is 12.0 Å². The molecule has 2 aromatic rings. The molecule has 0 saturated heterocycles. The normalized spacial score (nSPS) is 12.2. The number of aliphatic hydroxyl groups excluding tert-OH is 1. The fraction of sp³-hybridized carbons (Fsp3) is 0.467. The number of fused-ring (bicyclic) bond motifs is 1. The third-order valence-electron chi connectivity index (χ3n) is 3.31. The number of aryl methyl sites for hydroxylation is 1. The van der Waals surface area contributed by atoms with Gasteiger partial charge in [0.2, 0.25) is 0 Å². The van der Waals surface area contributed by atoms with Crippen LogP contribution in [0.4, 0.5) is 0 Å². The number of benzene rings is 1. The molecule has 0 unspecified atom stereocenters. The zero-order valence-electron chi connectivity index (χ0n) is 10.9. The van der Waals surface area contributed by atoms with Gasteiger partial charge in [-0.2, -0.15) is 0 Å².